The average Bonchev–Trinajstić information content (AvgIpc) is 2.08. The van der Waals surface area contributed by atoms with Gasteiger partial charge in [0.15, 0.2) is 6.61 Å². The van der Waals surface area contributed by atoms with Crippen molar-refractivity contribution < 1.29 is 4.74 Å². The molecule has 0 saturated carbocycles. The Balaban J connectivity index is 2.86. The van der Waals surface area contributed by atoms with E-state index in [0.29, 0.717) is 15.8 Å². The van der Waals surface area contributed by atoms with Crippen molar-refractivity contribution in [1.29, 1.82) is 5.26 Å². The first-order valence-electron chi connectivity index (χ1n) is 3.19. The van der Waals surface area contributed by atoms with E-state index in [4.69, 9.17) is 33.2 Å². The maximum Gasteiger partial charge on any atom is 0.174 e. The van der Waals surface area contributed by atoms with Crippen LogP contribution in [0.2, 0.25) is 10.0 Å². The molecule has 0 amide bonds. The predicted molar refractivity (Wildman–Crippen MR) is 47.6 cm³/mol. The quantitative estimate of drug-likeness (QED) is 0.738. The van der Waals surface area contributed by atoms with Crippen molar-refractivity contribution in [3.8, 4) is 11.8 Å². The Morgan fingerprint density at radius 3 is 2.83 bits per heavy atom. The number of halogens is 2. The van der Waals surface area contributed by atoms with Crippen molar-refractivity contribution in [2.24, 2.45) is 0 Å². The third-order valence-electron chi connectivity index (χ3n) is 1.21. The van der Waals surface area contributed by atoms with Crippen LogP contribution in [-0.2, 0) is 0 Å². The van der Waals surface area contributed by atoms with Gasteiger partial charge in [0.25, 0.3) is 0 Å². The summed E-state index contributed by atoms with van der Waals surface area (Å²) in [5.41, 5.74) is 0. The molecule has 12 heavy (non-hydrogen) atoms. The Morgan fingerprint density at radius 2 is 2.17 bits per heavy atom. The van der Waals surface area contributed by atoms with Gasteiger partial charge in [0.2, 0.25) is 0 Å². The van der Waals surface area contributed by atoms with Crippen LogP contribution in [0, 0.1) is 11.3 Å². The van der Waals surface area contributed by atoms with Gasteiger partial charge in [-0.25, -0.2) is 0 Å². The summed E-state index contributed by atoms with van der Waals surface area (Å²) in [5.74, 6) is 0.436. The van der Waals surface area contributed by atoms with Crippen LogP contribution in [0.25, 0.3) is 0 Å². The Morgan fingerprint density at radius 1 is 1.42 bits per heavy atom. The number of nitriles is 1. The lowest BCUT2D eigenvalue weighted by atomic mass is 10.3. The fraction of sp³-hybridized carbons (Fsp3) is 0.125. The molecule has 0 unspecified atom stereocenters. The van der Waals surface area contributed by atoms with Gasteiger partial charge >= 0.3 is 0 Å². The Kier molecular flexibility index (Phi) is 3.21. The summed E-state index contributed by atoms with van der Waals surface area (Å²) in [6.45, 7) is -0.0277. The molecule has 2 nitrogen and oxygen atoms in total. The number of benzene rings is 1. The van der Waals surface area contributed by atoms with Crippen molar-refractivity contribution >= 4 is 23.2 Å². The minimum absolute atomic E-state index is 0.0277. The highest BCUT2D eigenvalue weighted by atomic mass is 35.5. The van der Waals surface area contributed by atoms with Gasteiger partial charge in [-0.05, 0) is 12.1 Å². The molecule has 4 heteroatoms. The van der Waals surface area contributed by atoms with Gasteiger partial charge in [-0.15, -0.1) is 0 Å². The van der Waals surface area contributed by atoms with E-state index < -0.39 is 0 Å². The summed E-state index contributed by atoms with van der Waals surface area (Å²) >= 11 is 11.5. The lowest BCUT2D eigenvalue weighted by Gasteiger charge is -2.03. The summed E-state index contributed by atoms with van der Waals surface area (Å²) in [6, 6.07) is 6.86. The first-order valence-corrected chi connectivity index (χ1v) is 3.95. The molecule has 0 heterocycles. The van der Waals surface area contributed by atoms with E-state index >= 15 is 0 Å². The summed E-state index contributed by atoms with van der Waals surface area (Å²) in [6.07, 6.45) is 0. The van der Waals surface area contributed by atoms with Crippen molar-refractivity contribution in [1.82, 2.24) is 0 Å². The van der Waals surface area contributed by atoms with Gasteiger partial charge in [-0.2, -0.15) is 5.26 Å². The van der Waals surface area contributed by atoms with E-state index in [-0.39, 0.29) is 6.61 Å². The summed E-state index contributed by atoms with van der Waals surface area (Å²) < 4.78 is 4.99. The van der Waals surface area contributed by atoms with Crippen LogP contribution in [0.1, 0.15) is 0 Å². The molecular formula is C8H5Cl2NO. The van der Waals surface area contributed by atoms with Crippen LogP contribution in [0.4, 0.5) is 0 Å². The van der Waals surface area contributed by atoms with E-state index in [1.165, 1.54) is 0 Å². The molecule has 0 fully saturated rings. The van der Waals surface area contributed by atoms with Crippen LogP contribution < -0.4 is 4.74 Å². The number of hydrogen-bond acceptors (Lipinski definition) is 2. The molecule has 0 aromatic heterocycles. The standard InChI is InChI=1S/C8H5Cl2NO/c9-6-2-1-3-7(8(6)10)12-5-4-11/h1-3H,5H2. The Labute approximate surface area is 80.3 Å². The highest BCUT2D eigenvalue weighted by Gasteiger charge is 2.03. The number of hydrogen-bond donors (Lipinski definition) is 0. The van der Waals surface area contributed by atoms with E-state index in [1.54, 1.807) is 18.2 Å². The Hall–Kier alpha value is -0.910. The zero-order valence-corrected chi connectivity index (χ0v) is 7.56. The zero-order valence-electron chi connectivity index (χ0n) is 6.05. The van der Waals surface area contributed by atoms with Gasteiger partial charge in [0.1, 0.15) is 16.8 Å². The van der Waals surface area contributed by atoms with Gasteiger partial charge < -0.3 is 4.74 Å². The highest BCUT2D eigenvalue weighted by Crippen LogP contribution is 2.31. The van der Waals surface area contributed by atoms with Crippen molar-refractivity contribution in [2.75, 3.05) is 6.61 Å². The lowest BCUT2D eigenvalue weighted by molar-refractivity contribution is 0.368. The molecule has 0 aliphatic carbocycles. The average molecular weight is 202 g/mol. The fourth-order valence-corrected chi connectivity index (χ4v) is 1.05. The highest BCUT2D eigenvalue weighted by molar-refractivity contribution is 6.42. The van der Waals surface area contributed by atoms with Gasteiger partial charge in [0, 0.05) is 0 Å². The van der Waals surface area contributed by atoms with Crippen LogP contribution in [0.5, 0.6) is 5.75 Å². The van der Waals surface area contributed by atoms with Gasteiger partial charge in [-0.1, -0.05) is 29.3 Å². The first kappa shape index (κ1) is 9.18. The SMILES string of the molecule is N#CCOc1cccc(Cl)c1Cl. The molecule has 0 N–H and O–H groups in total. The normalized spacial score (nSPS) is 9.08. The van der Waals surface area contributed by atoms with E-state index in [9.17, 15) is 0 Å². The first-order chi connectivity index (χ1) is 5.75. The molecule has 0 aliphatic heterocycles. The summed E-state index contributed by atoms with van der Waals surface area (Å²) in [5, 5.41) is 9.00. The maximum atomic E-state index is 8.24. The van der Waals surface area contributed by atoms with Crippen LogP contribution in [0.15, 0.2) is 18.2 Å². The second-order valence-corrected chi connectivity index (χ2v) is 2.78. The molecule has 0 spiro atoms. The molecule has 1 rings (SSSR count). The summed E-state index contributed by atoms with van der Waals surface area (Å²) in [7, 11) is 0. The van der Waals surface area contributed by atoms with Crippen LogP contribution >= 0.6 is 23.2 Å². The number of rotatable bonds is 2. The number of ether oxygens (including phenoxy) is 1. The molecule has 0 atom stereocenters. The molecule has 0 aliphatic rings. The van der Waals surface area contributed by atoms with Crippen molar-refractivity contribution in [3.63, 3.8) is 0 Å². The van der Waals surface area contributed by atoms with E-state index in [0.717, 1.165) is 0 Å². The third kappa shape index (κ3) is 2.04. The van der Waals surface area contributed by atoms with E-state index in [2.05, 4.69) is 0 Å². The van der Waals surface area contributed by atoms with Crippen molar-refractivity contribution in [3.05, 3.63) is 28.2 Å². The van der Waals surface area contributed by atoms with E-state index in [1.807, 2.05) is 6.07 Å². The zero-order chi connectivity index (χ0) is 8.97. The fourth-order valence-electron chi connectivity index (χ4n) is 0.706. The Bertz CT molecular complexity index is 319. The monoisotopic (exact) mass is 201 g/mol. The molecule has 1 aromatic carbocycles. The summed E-state index contributed by atoms with van der Waals surface area (Å²) in [4.78, 5) is 0. The van der Waals surface area contributed by atoms with Gasteiger partial charge in [-0.3, -0.25) is 0 Å². The maximum absolute atomic E-state index is 8.24. The molecule has 0 radical (unpaired) electrons. The van der Waals surface area contributed by atoms with Crippen molar-refractivity contribution in [2.45, 2.75) is 0 Å². The minimum atomic E-state index is -0.0277. The third-order valence-corrected chi connectivity index (χ3v) is 2.01. The largest absolute Gasteiger partial charge is 0.477 e. The minimum Gasteiger partial charge on any atom is -0.477 e. The van der Waals surface area contributed by atoms with Gasteiger partial charge in [0.05, 0.1) is 5.02 Å². The predicted octanol–water partition coefficient (Wildman–Crippen LogP) is 2.90. The van der Waals surface area contributed by atoms with Crippen LogP contribution in [0.3, 0.4) is 0 Å². The molecule has 1 aromatic rings. The second-order valence-electron chi connectivity index (χ2n) is 2.00. The smallest absolute Gasteiger partial charge is 0.174 e. The number of nitrogens with zero attached hydrogens (tertiary/aromatic N) is 1. The molecule has 62 valence electrons. The topological polar surface area (TPSA) is 33.0 Å². The molecular weight excluding hydrogens is 197 g/mol. The van der Waals surface area contributed by atoms with Crippen LogP contribution in [-0.4, -0.2) is 6.61 Å². The molecule has 0 saturated heterocycles. The lowest BCUT2D eigenvalue weighted by Crippen LogP contribution is -1.93. The molecule has 0 bridgehead atoms. The second kappa shape index (κ2) is 4.20.